The summed E-state index contributed by atoms with van der Waals surface area (Å²) >= 11 is 12.8. The maximum Gasteiger partial charge on any atom is 0.280 e. The van der Waals surface area contributed by atoms with Gasteiger partial charge in [-0.25, -0.2) is 0 Å². The predicted octanol–water partition coefficient (Wildman–Crippen LogP) is 7.56. The van der Waals surface area contributed by atoms with Gasteiger partial charge in [0.2, 0.25) is 0 Å². The summed E-state index contributed by atoms with van der Waals surface area (Å²) in [6.07, 6.45) is 2.96. The van der Waals surface area contributed by atoms with Crippen molar-refractivity contribution in [1.29, 1.82) is 0 Å². The number of benzene rings is 2. The molecule has 0 spiro atoms. The summed E-state index contributed by atoms with van der Waals surface area (Å²) in [5.74, 6) is 2.20. The van der Waals surface area contributed by atoms with Gasteiger partial charge < -0.3 is 19.5 Å². The van der Waals surface area contributed by atoms with Gasteiger partial charge in [-0.1, -0.05) is 43.6 Å². The Labute approximate surface area is 249 Å². The van der Waals surface area contributed by atoms with Gasteiger partial charge in [-0.05, 0) is 79.0 Å². The smallest absolute Gasteiger partial charge is 0.280 e. The van der Waals surface area contributed by atoms with Crippen LogP contribution in [0.2, 0.25) is 5.02 Å². The molecule has 0 unspecified atom stereocenters. The molecule has 4 aromatic rings. The summed E-state index contributed by atoms with van der Waals surface area (Å²) in [6.45, 7) is 6.50. The molecule has 41 heavy (non-hydrogen) atoms. The SMILES string of the molecule is C[C@@H]1C[C@H](C)CN(c2ccc(N3C(=S)N[C@H](c4ccccn4)[C@@H]3c3ccc(-c4ccccc4[N+](=O)[O-])o3)cc2Cl)C1. The molecule has 2 fully saturated rings. The number of pyridine rings is 1. The summed E-state index contributed by atoms with van der Waals surface area (Å²) in [4.78, 5) is 20.2. The third-order valence-corrected chi connectivity index (χ3v) is 8.42. The van der Waals surface area contributed by atoms with Crippen molar-refractivity contribution in [2.24, 2.45) is 11.8 Å². The maximum atomic E-state index is 11.7. The Hall–Kier alpha value is -3.95. The van der Waals surface area contributed by atoms with Crippen molar-refractivity contribution in [3.63, 3.8) is 0 Å². The number of piperidine rings is 1. The summed E-state index contributed by atoms with van der Waals surface area (Å²) in [6, 6.07) is 21.2. The van der Waals surface area contributed by atoms with Crippen molar-refractivity contribution in [2.75, 3.05) is 22.9 Å². The molecule has 8 nitrogen and oxygen atoms in total. The monoisotopic (exact) mass is 587 g/mol. The average molecular weight is 588 g/mol. The number of thiocarbonyl (C=S) groups is 1. The lowest BCUT2D eigenvalue weighted by atomic mass is 9.91. The van der Waals surface area contributed by atoms with E-state index in [9.17, 15) is 10.1 Å². The van der Waals surface area contributed by atoms with E-state index in [0.29, 0.717) is 39.1 Å². The molecule has 2 saturated heterocycles. The van der Waals surface area contributed by atoms with Crippen LogP contribution in [0.1, 0.15) is 43.8 Å². The third kappa shape index (κ3) is 5.27. The summed E-state index contributed by atoms with van der Waals surface area (Å²) < 4.78 is 6.35. The lowest BCUT2D eigenvalue weighted by Crippen LogP contribution is -2.38. The van der Waals surface area contributed by atoms with Crippen molar-refractivity contribution in [3.05, 3.63) is 106 Å². The Bertz CT molecular complexity index is 1590. The largest absolute Gasteiger partial charge is 0.459 e. The average Bonchev–Trinajstić information content (AvgIpc) is 3.57. The number of nitrogens with one attached hydrogen (secondary N) is 1. The highest BCUT2D eigenvalue weighted by Gasteiger charge is 2.43. The lowest BCUT2D eigenvalue weighted by molar-refractivity contribution is -0.384. The highest BCUT2D eigenvalue weighted by molar-refractivity contribution is 7.80. The second-order valence-corrected chi connectivity index (χ2v) is 11.8. The molecule has 0 amide bonds. The first-order valence-corrected chi connectivity index (χ1v) is 14.5. The van der Waals surface area contributed by atoms with Gasteiger partial charge in [-0.2, -0.15) is 0 Å². The molecule has 0 saturated carbocycles. The minimum Gasteiger partial charge on any atom is -0.459 e. The normalized spacial score (nSPS) is 22.6. The molecule has 2 aromatic carbocycles. The molecule has 6 rings (SSSR count). The van der Waals surface area contributed by atoms with Crippen molar-refractivity contribution in [3.8, 4) is 11.3 Å². The van der Waals surface area contributed by atoms with Crippen LogP contribution in [-0.4, -0.2) is 28.1 Å². The molecule has 0 bridgehead atoms. The molecule has 0 aliphatic carbocycles. The Kier molecular flexibility index (Phi) is 7.40. The van der Waals surface area contributed by atoms with Gasteiger partial charge in [0.1, 0.15) is 17.6 Å². The molecule has 210 valence electrons. The molecule has 2 aliphatic heterocycles. The van der Waals surface area contributed by atoms with E-state index in [-0.39, 0.29) is 11.7 Å². The number of nitro benzene ring substituents is 1. The molecule has 2 aliphatic rings. The Morgan fingerprint density at radius 1 is 1.05 bits per heavy atom. The van der Waals surface area contributed by atoms with E-state index >= 15 is 0 Å². The van der Waals surface area contributed by atoms with Gasteiger partial charge in [0.05, 0.1) is 32.9 Å². The lowest BCUT2D eigenvalue weighted by Gasteiger charge is -2.37. The quantitative estimate of drug-likeness (QED) is 0.140. The summed E-state index contributed by atoms with van der Waals surface area (Å²) in [5, 5.41) is 16.3. The first-order valence-electron chi connectivity index (χ1n) is 13.7. The minimum absolute atomic E-state index is 0.0182. The Morgan fingerprint density at radius 2 is 1.80 bits per heavy atom. The molecule has 1 N–H and O–H groups in total. The number of halogens is 1. The second kappa shape index (κ2) is 11.1. The van der Waals surface area contributed by atoms with Crippen LogP contribution in [0.15, 0.2) is 83.4 Å². The van der Waals surface area contributed by atoms with Crippen molar-refractivity contribution < 1.29 is 9.34 Å². The highest BCUT2D eigenvalue weighted by Crippen LogP contribution is 2.45. The van der Waals surface area contributed by atoms with Crippen molar-refractivity contribution >= 4 is 46.0 Å². The van der Waals surface area contributed by atoms with E-state index < -0.39 is 11.0 Å². The molecule has 4 atom stereocenters. The van der Waals surface area contributed by atoms with Gasteiger partial charge >= 0.3 is 0 Å². The zero-order chi connectivity index (χ0) is 28.7. The zero-order valence-electron chi connectivity index (χ0n) is 22.7. The molecular weight excluding hydrogens is 558 g/mol. The van der Waals surface area contributed by atoms with Crippen molar-refractivity contribution in [2.45, 2.75) is 32.4 Å². The van der Waals surface area contributed by atoms with Gasteiger partial charge in [-0.3, -0.25) is 15.1 Å². The topological polar surface area (TPSA) is 87.7 Å². The first kappa shape index (κ1) is 27.2. The Balaban J connectivity index is 1.40. The number of nitrogens with zero attached hydrogens (tertiary/aromatic N) is 4. The van der Waals surface area contributed by atoms with E-state index in [4.69, 9.17) is 28.2 Å². The predicted molar refractivity (Wildman–Crippen MR) is 165 cm³/mol. The van der Waals surface area contributed by atoms with Gasteiger partial charge in [0, 0.05) is 31.0 Å². The zero-order valence-corrected chi connectivity index (χ0v) is 24.3. The number of hydrogen-bond donors (Lipinski definition) is 1. The molecule has 4 heterocycles. The number of hydrogen-bond acceptors (Lipinski definition) is 6. The van der Waals surface area contributed by atoms with Crippen LogP contribution in [0.5, 0.6) is 0 Å². The standard InChI is InChI=1S/C31H30ClN5O3S/c1-19-15-20(2)18-35(17-19)26-11-10-21(16-23(26)32)36-30(29(34-31(36)41)24-8-5-6-14-33-24)28-13-12-27(40-28)22-7-3-4-9-25(22)37(38)39/h3-14,16,19-20,29-30H,15,17-18H2,1-2H3,(H,34,41)/t19-,20+,29-,30+/m1/s1. The molecule has 0 radical (unpaired) electrons. The fourth-order valence-corrected chi connectivity index (χ4v) is 6.82. The summed E-state index contributed by atoms with van der Waals surface area (Å²) in [5.41, 5.74) is 3.03. The van der Waals surface area contributed by atoms with E-state index in [1.54, 1.807) is 30.5 Å². The maximum absolute atomic E-state index is 11.7. The molecule has 10 heteroatoms. The number of furan rings is 1. The van der Waals surface area contributed by atoms with Crippen LogP contribution in [0.3, 0.4) is 0 Å². The second-order valence-electron chi connectivity index (χ2n) is 11.0. The molecule has 2 aromatic heterocycles. The van der Waals surface area contributed by atoms with Crippen LogP contribution >= 0.6 is 23.8 Å². The van der Waals surface area contributed by atoms with E-state index in [1.807, 2.05) is 41.3 Å². The van der Waals surface area contributed by atoms with Crippen LogP contribution in [0.4, 0.5) is 17.1 Å². The van der Waals surface area contributed by atoms with E-state index in [2.05, 4.69) is 35.1 Å². The number of para-hydroxylation sites is 1. The van der Waals surface area contributed by atoms with Crippen molar-refractivity contribution in [1.82, 2.24) is 10.3 Å². The van der Waals surface area contributed by atoms with Crippen LogP contribution in [0, 0.1) is 22.0 Å². The van der Waals surface area contributed by atoms with E-state index in [1.165, 1.54) is 12.5 Å². The fourth-order valence-electron chi connectivity index (χ4n) is 6.18. The van der Waals surface area contributed by atoms with Gasteiger partial charge in [0.15, 0.2) is 5.11 Å². The van der Waals surface area contributed by atoms with E-state index in [0.717, 1.165) is 30.2 Å². The first-order chi connectivity index (χ1) is 19.8. The number of anilines is 2. The number of nitro groups is 1. The summed E-state index contributed by atoms with van der Waals surface area (Å²) in [7, 11) is 0. The van der Waals surface area contributed by atoms with Gasteiger partial charge in [0.25, 0.3) is 5.69 Å². The van der Waals surface area contributed by atoms with Crippen LogP contribution in [0.25, 0.3) is 11.3 Å². The fraction of sp³-hybridized carbons (Fsp3) is 0.290. The molecular formula is C31H30ClN5O3S. The third-order valence-electron chi connectivity index (χ3n) is 7.80. The number of rotatable bonds is 6. The Morgan fingerprint density at radius 3 is 2.51 bits per heavy atom. The highest BCUT2D eigenvalue weighted by atomic mass is 35.5. The van der Waals surface area contributed by atoms with Crippen LogP contribution in [-0.2, 0) is 0 Å². The van der Waals surface area contributed by atoms with Crippen LogP contribution < -0.4 is 15.1 Å². The minimum atomic E-state index is -0.411. The number of aromatic nitrogens is 1. The van der Waals surface area contributed by atoms with Gasteiger partial charge in [-0.15, -0.1) is 0 Å².